The van der Waals surface area contributed by atoms with Gasteiger partial charge in [-0.25, -0.2) is 13.8 Å². The van der Waals surface area contributed by atoms with Crippen molar-refractivity contribution < 1.29 is 14.2 Å². The Morgan fingerprint density at radius 3 is 2.71 bits per heavy atom. The molecule has 0 fully saturated rings. The second-order valence-corrected chi connectivity index (χ2v) is 14.4. The highest BCUT2D eigenvalue weighted by atomic mass is 28.3. The number of nitriles is 1. The number of nitrogens with zero attached hydrogens (tertiary/aromatic N) is 5. The van der Waals surface area contributed by atoms with Crippen LogP contribution in [-0.4, -0.2) is 39.3 Å². The van der Waals surface area contributed by atoms with Crippen LogP contribution in [0.25, 0.3) is 5.69 Å². The van der Waals surface area contributed by atoms with E-state index in [0.717, 1.165) is 11.7 Å². The largest absolute Gasteiger partial charge is 0.389 e. The normalized spacial score (nSPS) is 12.7. The highest BCUT2D eigenvalue weighted by Gasteiger charge is 2.17. The first-order chi connectivity index (χ1) is 14.7. The first kappa shape index (κ1) is 22.9. The van der Waals surface area contributed by atoms with Gasteiger partial charge in [-0.2, -0.15) is 15.5 Å². The molecular weight excluding hydrogens is 413 g/mol. The van der Waals surface area contributed by atoms with Crippen molar-refractivity contribution in [3.63, 3.8) is 0 Å². The van der Waals surface area contributed by atoms with Crippen LogP contribution < -0.4 is 0 Å². The summed E-state index contributed by atoms with van der Waals surface area (Å²) in [5, 5.41) is 28.4. The van der Waals surface area contributed by atoms with Crippen LogP contribution in [0, 0.1) is 17.1 Å². The number of benzene rings is 1. The monoisotopic (exact) mass is 441 g/mol. The molecule has 0 aliphatic carbocycles. The van der Waals surface area contributed by atoms with E-state index < -0.39 is 20.0 Å². The van der Waals surface area contributed by atoms with Crippen LogP contribution in [0.15, 0.2) is 36.5 Å². The number of halogens is 1. The summed E-state index contributed by atoms with van der Waals surface area (Å²) >= 11 is 0. The summed E-state index contributed by atoms with van der Waals surface area (Å²) in [6.45, 7) is 9.33. The van der Waals surface area contributed by atoms with Crippen molar-refractivity contribution in [2.45, 2.75) is 51.9 Å². The first-order valence-corrected chi connectivity index (χ1v) is 13.9. The minimum Gasteiger partial charge on any atom is -0.389 e. The van der Waals surface area contributed by atoms with Crippen molar-refractivity contribution in [1.82, 2.24) is 19.6 Å². The van der Waals surface area contributed by atoms with Crippen molar-refractivity contribution in [2.75, 3.05) is 6.61 Å². The molecule has 3 aromatic rings. The second-order valence-electron chi connectivity index (χ2n) is 8.77. The molecule has 0 unspecified atom stereocenters. The molecule has 1 N–H and O–H groups in total. The molecule has 0 radical (unpaired) electrons. The van der Waals surface area contributed by atoms with E-state index in [0.29, 0.717) is 35.7 Å². The van der Waals surface area contributed by atoms with Gasteiger partial charge >= 0.3 is 0 Å². The molecule has 0 spiro atoms. The third-order valence-corrected chi connectivity index (χ3v) is 6.61. The van der Waals surface area contributed by atoms with Gasteiger partial charge in [-0.1, -0.05) is 19.6 Å². The Kier molecular flexibility index (Phi) is 7.05. The Morgan fingerprint density at radius 2 is 2.03 bits per heavy atom. The fraction of sp³-hybridized carbons (Fsp3) is 0.409. The first-order valence-electron chi connectivity index (χ1n) is 10.2. The molecule has 9 heteroatoms. The minimum atomic E-state index is -1.18. The standard InChI is InChI=1S/C22H28FN5O2Si/c1-16(29)21-11-17(23)5-6-22(21)28-19(7-8-25-28)12-18-13-20(14-24)27(26-18)15-30-9-10-31(2,3)4/h5-8,11,13,16,29H,9-10,12,15H2,1-4H3/t16-/m1/s1. The molecule has 0 saturated carbocycles. The lowest BCUT2D eigenvalue weighted by atomic mass is 10.1. The lowest BCUT2D eigenvalue weighted by Gasteiger charge is -2.15. The zero-order valence-electron chi connectivity index (χ0n) is 18.3. The molecular formula is C22H28FN5O2Si. The zero-order valence-corrected chi connectivity index (χ0v) is 19.3. The molecule has 0 aliphatic heterocycles. The highest BCUT2D eigenvalue weighted by Crippen LogP contribution is 2.24. The maximum absolute atomic E-state index is 13.7. The fourth-order valence-electron chi connectivity index (χ4n) is 3.19. The lowest BCUT2D eigenvalue weighted by molar-refractivity contribution is 0.0777. The Morgan fingerprint density at radius 1 is 1.26 bits per heavy atom. The predicted molar refractivity (Wildman–Crippen MR) is 118 cm³/mol. The fourth-order valence-corrected chi connectivity index (χ4v) is 3.95. The number of aliphatic hydroxyl groups excluding tert-OH is 1. The van der Waals surface area contributed by atoms with Gasteiger partial charge in [0.05, 0.1) is 23.2 Å². The zero-order chi connectivity index (χ0) is 22.6. The maximum atomic E-state index is 13.7. The molecule has 2 aromatic heterocycles. The molecule has 0 amide bonds. The van der Waals surface area contributed by atoms with E-state index in [1.807, 2.05) is 6.07 Å². The number of hydrogen-bond donors (Lipinski definition) is 1. The van der Waals surface area contributed by atoms with Crippen LogP contribution >= 0.6 is 0 Å². The summed E-state index contributed by atoms with van der Waals surface area (Å²) in [5.41, 5.74) is 2.99. The van der Waals surface area contributed by atoms with Crippen molar-refractivity contribution in [2.24, 2.45) is 0 Å². The molecule has 1 atom stereocenters. The summed E-state index contributed by atoms with van der Waals surface area (Å²) in [7, 11) is -1.18. The van der Waals surface area contributed by atoms with Crippen molar-refractivity contribution in [3.05, 3.63) is 65.0 Å². The van der Waals surface area contributed by atoms with Gasteiger partial charge < -0.3 is 9.84 Å². The third-order valence-electron chi connectivity index (χ3n) is 4.91. The average Bonchev–Trinajstić information content (AvgIpc) is 3.31. The smallest absolute Gasteiger partial charge is 0.141 e. The van der Waals surface area contributed by atoms with E-state index in [2.05, 4.69) is 35.9 Å². The maximum Gasteiger partial charge on any atom is 0.141 e. The summed E-state index contributed by atoms with van der Waals surface area (Å²) in [6.07, 6.45) is 1.22. The van der Waals surface area contributed by atoms with Gasteiger partial charge in [0.15, 0.2) is 0 Å². The van der Waals surface area contributed by atoms with Crippen LogP contribution in [0.2, 0.25) is 25.7 Å². The van der Waals surface area contributed by atoms with E-state index in [9.17, 15) is 14.8 Å². The quantitative estimate of drug-likeness (QED) is 0.400. The Hall–Kier alpha value is -2.80. The molecule has 0 bridgehead atoms. The van der Waals surface area contributed by atoms with E-state index in [1.165, 1.54) is 12.1 Å². The van der Waals surface area contributed by atoms with E-state index in [1.54, 1.807) is 34.6 Å². The van der Waals surface area contributed by atoms with E-state index in [-0.39, 0.29) is 6.73 Å². The van der Waals surface area contributed by atoms with Crippen LogP contribution in [0.1, 0.15) is 35.7 Å². The highest BCUT2D eigenvalue weighted by molar-refractivity contribution is 6.76. The van der Waals surface area contributed by atoms with Crippen LogP contribution in [0.3, 0.4) is 0 Å². The Labute approximate surface area is 182 Å². The number of aromatic nitrogens is 4. The van der Waals surface area contributed by atoms with Gasteiger partial charge in [0.1, 0.15) is 24.3 Å². The molecule has 31 heavy (non-hydrogen) atoms. The molecule has 0 aliphatic rings. The molecule has 1 aromatic carbocycles. The van der Waals surface area contributed by atoms with Crippen LogP contribution in [-0.2, 0) is 17.9 Å². The summed E-state index contributed by atoms with van der Waals surface area (Å²) in [6, 6.07) is 11.0. The van der Waals surface area contributed by atoms with E-state index in [4.69, 9.17) is 4.74 Å². The molecule has 0 saturated heterocycles. The van der Waals surface area contributed by atoms with Gasteiger partial charge in [-0.3, -0.25) is 0 Å². The molecule has 2 heterocycles. The summed E-state index contributed by atoms with van der Waals surface area (Å²) in [4.78, 5) is 0. The van der Waals surface area contributed by atoms with E-state index >= 15 is 0 Å². The summed E-state index contributed by atoms with van der Waals surface area (Å²) in [5.74, 6) is -0.417. The number of ether oxygens (including phenoxy) is 1. The lowest BCUT2D eigenvalue weighted by Crippen LogP contribution is -2.22. The average molecular weight is 442 g/mol. The SMILES string of the molecule is C[C@@H](O)c1cc(F)ccc1-n1nccc1Cc1cc(C#N)n(COCC[Si](C)(C)C)n1. The molecule has 164 valence electrons. The van der Waals surface area contributed by atoms with Crippen LogP contribution in [0.5, 0.6) is 0 Å². The second kappa shape index (κ2) is 9.56. The third kappa shape index (κ3) is 5.88. The van der Waals surface area contributed by atoms with Gasteiger partial charge in [-0.15, -0.1) is 0 Å². The van der Waals surface area contributed by atoms with Gasteiger partial charge in [0, 0.05) is 32.9 Å². The van der Waals surface area contributed by atoms with Gasteiger partial charge in [0.25, 0.3) is 0 Å². The van der Waals surface area contributed by atoms with Crippen LogP contribution in [0.4, 0.5) is 4.39 Å². The summed E-state index contributed by atoms with van der Waals surface area (Å²) < 4.78 is 22.7. The van der Waals surface area contributed by atoms with Crippen molar-refractivity contribution >= 4 is 8.07 Å². The van der Waals surface area contributed by atoms with Gasteiger partial charge in [-0.05, 0) is 43.3 Å². The molecule has 7 nitrogen and oxygen atoms in total. The topological polar surface area (TPSA) is 88.9 Å². The Balaban J connectivity index is 1.79. The Bertz CT molecular complexity index is 1080. The predicted octanol–water partition coefficient (Wildman–Crippen LogP) is 4.04. The number of aliphatic hydroxyl groups is 1. The van der Waals surface area contributed by atoms with Crippen molar-refractivity contribution in [1.29, 1.82) is 5.26 Å². The molecule has 3 rings (SSSR count). The van der Waals surface area contributed by atoms with Gasteiger partial charge in [0.2, 0.25) is 0 Å². The number of hydrogen-bond acceptors (Lipinski definition) is 5. The number of rotatable bonds is 9. The minimum absolute atomic E-state index is 0.233. The van der Waals surface area contributed by atoms with Crippen molar-refractivity contribution in [3.8, 4) is 11.8 Å².